The number of nitrogens with zero attached hydrogens (tertiary/aromatic N) is 1. The molecule has 0 aromatic heterocycles. The molecule has 2 saturated heterocycles. The minimum atomic E-state index is -1.00. The molecule has 2 heterocycles. The molecule has 140 valence electrons. The number of aliphatic carboxylic acids is 1. The van der Waals surface area contributed by atoms with Gasteiger partial charge in [0.25, 0.3) is 0 Å². The van der Waals surface area contributed by atoms with Crippen molar-refractivity contribution in [2.45, 2.75) is 80.7 Å². The smallest absolute Gasteiger partial charge is 0.327 e. The topological polar surface area (TPSA) is 95.9 Å². The van der Waals surface area contributed by atoms with Gasteiger partial charge in [0, 0.05) is 11.2 Å². The second-order valence-corrected chi connectivity index (χ2v) is 9.30. The average molecular weight is 370 g/mol. The zero-order valence-corrected chi connectivity index (χ0v) is 15.5. The summed E-state index contributed by atoms with van der Waals surface area (Å²) in [5.74, 6) is -1.53. The van der Waals surface area contributed by atoms with Crippen molar-refractivity contribution in [3.63, 3.8) is 0 Å². The molecule has 7 nitrogen and oxygen atoms in total. The van der Waals surface area contributed by atoms with E-state index in [1.807, 2.05) is 13.8 Å². The van der Waals surface area contributed by atoms with Crippen molar-refractivity contribution in [3.8, 4) is 0 Å². The molecule has 2 amide bonds. The Morgan fingerprint density at radius 1 is 1.32 bits per heavy atom. The number of ether oxygens (including phenoxy) is 1. The number of amides is 2. The highest BCUT2D eigenvalue weighted by atomic mass is 32.2. The van der Waals surface area contributed by atoms with Gasteiger partial charge in [-0.3, -0.25) is 9.59 Å². The maximum Gasteiger partial charge on any atom is 0.327 e. The van der Waals surface area contributed by atoms with Crippen LogP contribution in [0.3, 0.4) is 0 Å². The van der Waals surface area contributed by atoms with Gasteiger partial charge in [0.2, 0.25) is 11.8 Å². The molecule has 0 aromatic carbocycles. The van der Waals surface area contributed by atoms with Gasteiger partial charge < -0.3 is 20.1 Å². The number of hydrogen-bond acceptors (Lipinski definition) is 5. The maximum absolute atomic E-state index is 12.3. The lowest BCUT2D eigenvalue weighted by molar-refractivity contribution is -0.161. The van der Waals surface area contributed by atoms with Gasteiger partial charge >= 0.3 is 5.97 Å². The van der Waals surface area contributed by atoms with Crippen LogP contribution in [0, 0.1) is 0 Å². The van der Waals surface area contributed by atoms with Gasteiger partial charge in [-0.15, -0.1) is 11.8 Å². The standard InChI is InChI=1S/C17H26N2O5S/c1-17(2)13(16(22)23)19-14(21)12(15(19)25-17)18-11(20)8-9-24-10-6-4-3-5-7-10/h10,12-13,15H,3-9H2,1-2H3,(H,18,20)(H,22,23)/t12-,13+,15-/m1/s1. The number of fused-ring (bicyclic) bond motifs is 1. The lowest BCUT2D eigenvalue weighted by atomic mass is 9.96. The molecule has 1 saturated carbocycles. The van der Waals surface area contributed by atoms with E-state index in [4.69, 9.17) is 4.74 Å². The van der Waals surface area contributed by atoms with Crippen molar-refractivity contribution < 1.29 is 24.2 Å². The molecule has 0 radical (unpaired) electrons. The molecule has 3 fully saturated rings. The molecular weight excluding hydrogens is 344 g/mol. The summed E-state index contributed by atoms with van der Waals surface area (Å²) in [7, 11) is 0. The van der Waals surface area contributed by atoms with E-state index in [1.54, 1.807) is 0 Å². The van der Waals surface area contributed by atoms with Crippen LogP contribution in [-0.2, 0) is 19.1 Å². The highest BCUT2D eigenvalue weighted by Crippen LogP contribution is 2.50. The van der Waals surface area contributed by atoms with E-state index >= 15 is 0 Å². The van der Waals surface area contributed by atoms with E-state index in [0.717, 1.165) is 12.8 Å². The Hall–Kier alpha value is -1.28. The van der Waals surface area contributed by atoms with Crippen LogP contribution in [-0.4, -0.2) is 62.7 Å². The molecule has 8 heteroatoms. The number of rotatable bonds is 6. The van der Waals surface area contributed by atoms with Crippen molar-refractivity contribution in [2.75, 3.05) is 6.61 Å². The van der Waals surface area contributed by atoms with Gasteiger partial charge in [0.05, 0.1) is 12.7 Å². The Kier molecular flexibility index (Phi) is 5.29. The van der Waals surface area contributed by atoms with Gasteiger partial charge in [-0.05, 0) is 26.7 Å². The highest BCUT2D eigenvalue weighted by molar-refractivity contribution is 8.01. The van der Waals surface area contributed by atoms with Crippen molar-refractivity contribution in [1.82, 2.24) is 10.2 Å². The zero-order valence-electron chi connectivity index (χ0n) is 14.7. The predicted octanol–water partition coefficient (Wildman–Crippen LogP) is 1.36. The molecule has 25 heavy (non-hydrogen) atoms. The fourth-order valence-corrected chi connectivity index (χ4v) is 5.57. The number of nitrogens with one attached hydrogen (secondary N) is 1. The molecular formula is C17H26N2O5S. The number of carboxylic acids is 1. The molecule has 0 bridgehead atoms. The van der Waals surface area contributed by atoms with E-state index in [2.05, 4.69) is 5.32 Å². The highest BCUT2D eigenvalue weighted by Gasteiger charge is 2.64. The van der Waals surface area contributed by atoms with Crippen LogP contribution < -0.4 is 5.32 Å². The number of carboxylic acid groups (broad SMARTS) is 1. The first-order chi connectivity index (χ1) is 11.8. The fourth-order valence-electron chi connectivity index (χ4n) is 3.94. The molecule has 3 atom stereocenters. The summed E-state index contributed by atoms with van der Waals surface area (Å²) in [6.07, 6.45) is 6.22. The lowest BCUT2D eigenvalue weighted by Crippen LogP contribution is -2.70. The van der Waals surface area contributed by atoms with Crippen molar-refractivity contribution in [2.24, 2.45) is 0 Å². The van der Waals surface area contributed by atoms with Crippen molar-refractivity contribution in [1.29, 1.82) is 0 Å². The number of carbonyl (C=O) groups excluding carboxylic acids is 2. The summed E-state index contributed by atoms with van der Waals surface area (Å²) in [6, 6.07) is -1.48. The van der Waals surface area contributed by atoms with Gasteiger partial charge in [-0.1, -0.05) is 19.3 Å². The van der Waals surface area contributed by atoms with E-state index in [9.17, 15) is 19.5 Å². The molecule has 2 N–H and O–H groups in total. The van der Waals surface area contributed by atoms with Crippen molar-refractivity contribution >= 4 is 29.5 Å². The van der Waals surface area contributed by atoms with Gasteiger partial charge in [0.1, 0.15) is 17.5 Å². The zero-order chi connectivity index (χ0) is 18.2. The Morgan fingerprint density at radius 3 is 2.64 bits per heavy atom. The molecule has 0 aromatic rings. The van der Waals surface area contributed by atoms with Crippen LogP contribution in [0.4, 0.5) is 0 Å². The normalized spacial score (nSPS) is 31.4. The van der Waals surface area contributed by atoms with E-state index in [-0.39, 0.29) is 29.7 Å². The van der Waals surface area contributed by atoms with Crippen LogP contribution in [0.1, 0.15) is 52.4 Å². The number of thioether (sulfide) groups is 1. The summed E-state index contributed by atoms with van der Waals surface area (Å²) in [4.78, 5) is 37.3. The second kappa shape index (κ2) is 7.15. The van der Waals surface area contributed by atoms with Crippen LogP contribution >= 0.6 is 11.8 Å². The largest absolute Gasteiger partial charge is 0.480 e. The number of carbonyl (C=O) groups is 3. The summed E-state index contributed by atoms with van der Waals surface area (Å²) in [5.41, 5.74) is 0. The monoisotopic (exact) mass is 370 g/mol. The Morgan fingerprint density at radius 2 is 2.00 bits per heavy atom. The third-order valence-electron chi connectivity index (χ3n) is 5.23. The SMILES string of the molecule is CC1(C)S[C@@H]2[C@H](NC(=O)CCOC3CCCCC3)C(=O)N2[C@H]1C(=O)O. The van der Waals surface area contributed by atoms with Crippen molar-refractivity contribution in [3.05, 3.63) is 0 Å². The first kappa shape index (κ1) is 18.5. The first-order valence-electron chi connectivity index (χ1n) is 8.95. The molecule has 3 rings (SSSR count). The van der Waals surface area contributed by atoms with Crippen LogP contribution in [0.2, 0.25) is 0 Å². The second-order valence-electron chi connectivity index (χ2n) is 7.52. The maximum atomic E-state index is 12.3. The minimum absolute atomic E-state index is 0.217. The summed E-state index contributed by atoms with van der Waals surface area (Å²) in [6.45, 7) is 4.00. The van der Waals surface area contributed by atoms with Crippen LogP contribution in [0.25, 0.3) is 0 Å². The van der Waals surface area contributed by atoms with Gasteiger partial charge in [-0.25, -0.2) is 4.79 Å². The van der Waals surface area contributed by atoms with E-state index < -0.39 is 22.8 Å². The number of hydrogen-bond donors (Lipinski definition) is 2. The Balaban J connectivity index is 1.47. The Labute approximate surface area is 151 Å². The fraction of sp³-hybridized carbons (Fsp3) is 0.824. The van der Waals surface area contributed by atoms with E-state index in [0.29, 0.717) is 6.61 Å². The summed E-state index contributed by atoms with van der Waals surface area (Å²) < 4.78 is 5.17. The molecule has 1 aliphatic carbocycles. The Bertz CT molecular complexity index is 561. The third kappa shape index (κ3) is 3.65. The summed E-state index contributed by atoms with van der Waals surface area (Å²) in [5, 5.41) is 11.8. The first-order valence-corrected chi connectivity index (χ1v) is 9.83. The van der Waals surface area contributed by atoms with E-state index in [1.165, 1.54) is 35.9 Å². The average Bonchev–Trinajstić information content (AvgIpc) is 2.82. The molecule has 0 spiro atoms. The summed E-state index contributed by atoms with van der Waals surface area (Å²) >= 11 is 1.43. The van der Waals surface area contributed by atoms with Gasteiger partial charge in [0.15, 0.2) is 0 Å². The lowest BCUT2D eigenvalue weighted by Gasteiger charge is -2.43. The third-order valence-corrected chi connectivity index (χ3v) is 6.80. The number of β-lactam (4-membered cyclic amide) rings is 1. The van der Waals surface area contributed by atoms with Gasteiger partial charge in [-0.2, -0.15) is 0 Å². The molecule has 2 aliphatic heterocycles. The minimum Gasteiger partial charge on any atom is -0.480 e. The van der Waals surface area contributed by atoms with Crippen LogP contribution in [0.15, 0.2) is 0 Å². The van der Waals surface area contributed by atoms with Crippen LogP contribution in [0.5, 0.6) is 0 Å². The quantitative estimate of drug-likeness (QED) is 0.686. The molecule has 0 unspecified atom stereocenters. The predicted molar refractivity (Wildman–Crippen MR) is 93.1 cm³/mol. The molecule has 3 aliphatic rings.